The zero-order valence-corrected chi connectivity index (χ0v) is 11.1. The minimum absolute atomic E-state index is 0.0767. The summed E-state index contributed by atoms with van der Waals surface area (Å²) in [4.78, 5) is 0. The fourth-order valence-electron chi connectivity index (χ4n) is 2.31. The van der Waals surface area contributed by atoms with E-state index in [2.05, 4.69) is 30.3 Å². The number of hydrogen-bond donors (Lipinski definition) is 0. The second kappa shape index (κ2) is 8.28. The lowest BCUT2D eigenvalue weighted by Crippen LogP contribution is -2.22. The molecule has 1 unspecified atom stereocenters. The highest BCUT2D eigenvalue weighted by atomic mass is 16.7. The molecule has 1 fully saturated rings. The van der Waals surface area contributed by atoms with E-state index in [1.54, 1.807) is 0 Å². The lowest BCUT2D eigenvalue weighted by atomic mass is 10.1. The third kappa shape index (κ3) is 5.19. The summed E-state index contributed by atoms with van der Waals surface area (Å²) in [7, 11) is 0. The smallest absolute Gasteiger partial charge is 0.157 e. The predicted molar refractivity (Wildman–Crippen MR) is 73.5 cm³/mol. The summed E-state index contributed by atoms with van der Waals surface area (Å²) in [5.74, 6) is 0. The van der Waals surface area contributed by atoms with Crippen LogP contribution in [-0.4, -0.2) is 19.5 Å². The average Bonchev–Trinajstić information content (AvgIpc) is 2.45. The summed E-state index contributed by atoms with van der Waals surface area (Å²) in [5.41, 5.74) is 1.44. The van der Waals surface area contributed by atoms with E-state index in [4.69, 9.17) is 9.47 Å². The van der Waals surface area contributed by atoms with Crippen LogP contribution in [0.15, 0.2) is 30.3 Å². The van der Waals surface area contributed by atoms with Crippen LogP contribution in [0.2, 0.25) is 0 Å². The van der Waals surface area contributed by atoms with E-state index in [0.29, 0.717) is 0 Å². The Morgan fingerprint density at radius 3 is 2.72 bits per heavy atom. The van der Waals surface area contributed by atoms with Gasteiger partial charge in [-0.1, -0.05) is 36.8 Å². The molecule has 1 saturated heterocycles. The zero-order valence-electron chi connectivity index (χ0n) is 11.1. The lowest BCUT2D eigenvalue weighted by Gasteiger charge is -2.22. The minimum Gasteiger partial charge on any atom is -0.353 e. The van der Waals surface area contributed by atoms with Gasteiger partial charge in [-0.05, 0) is 44.1 Å². The van der Waals surface area contributed by atoms with Crippen molar-refractivity contribution in [1.82, 2.24) is 0 Å². The molecule has 1 heterocycles. The van der Waals surface area contributed by atoms with Crippen LogP contribution < -0.4 is 0 Å². The van der Waals surface area contributed by atoms with Crippen LogP contribution in [0.4, 0.5) is 0 Å². The Morgan fingerprint density at radius 1 is 1.06 bits per heavy atom. The van der Waals surface area contributed by atoms with Crippen molar-refractivity contribution in [3.8, 4) is 0 Å². The highest BCUT2D eigenvalue weighted by Crippen LogP contribution is 2.14. The van der Waals surface area contributed by atoms with E-state index in [9.17, 15) is 0 Å². The molecule has 1 aliphatic heterocycles. The Labute approximate surface area is 110 Å². The van der Waals surface area contributed by atoms with Gasteiger partial charge in [0.1, 0.15) is 0 Å². The molecule has 2 nitrogen and oxygen atoms in total. The van der Waals surface area contributed by atoms with Gasteiger partial charge in [0.25, 0.3) is 0 Å². The number of aryl methyl sites for hydroxylation is 1. The maximum absolute atomic E-state index is 5.71. The SMILES string of the molecule is c1ccc(CCCCCOC2CCCCO2)cc1. The molecule has 18 heavy (non-hydrogen) atoms. The van der Waals surface area contributed by atoms with Crippen molar-refractivity contribution in [2.45, 2.75) is 51.2 Å². The summed E-state index contributed by atoms with van der Waals surface area (Å²) in [6.07, 6.45) is 8.40. The number of rotatable bonds is 7. The molecule has 0 aliphatic carbocycles. The highest BCUT2D eigenvalue weighted by Gasteiger charge is 2.13. The summed E-state index contributed by atoms with van der Waals surface area (Å²) in [6, 6.07) is 10.7. The standard InChI is InChI=1S/C16H24O2/c1-3-9-15(10-4-1)11-5-2-7-13-17-16-12-6-8-14-18-16/h1,3-4,9-10,16H,2,5-8,11-14H2. The molecule has 0 saturated carbocycles. The van der Waals surface area contributed by atoms with Gasteiger partial charge in [-0.15, -0.1) is 0 Å². The zero-order chi connectivity index (χ0) is 12.5. The van der Waals surface area contributed by atoms with Gasteiger partial charge in [0.15, 0.2) is 6.29 Å². The summed E-state index contributed by atoms with van der Waals surface area (Å²) < 4.78 is 11.2. The van der Waals surface area contributed by atoms with Crippen molar-refractivity contribution in [3.63, 3.8) is 0 Å². The first kappa shape index (κ1) is 13.6. The first-order valence-corrected chi connectivity index (χ1v) is 7.22. The van der Waals surface area contributed by atoms with Gasteiger partial charge in [-0.25, -0.2) is 0 Å². The van der Waals surface area contributed by atoms with Gasteiger partial charge in [-0.3, -0.25) is 0 Å². The third-order valence-electron chi connectivity index (χ3n) is 3.39. The third-order valence-corrected chi connectivity index (χ3v) is 3.39. The van der Waals surface area contributed by atoms with Crippen LogP contribution in [0.25, 0.3) is 0 Å². The van der Waals surface area contributed by atoms with E-state index in [1.165, 1.54) is 37.7 Å². The van der Waals surface area contributed by atoms with Crippen LogP contribution in [0.3, 0.4) is 0 Å². The lowest BCUT2D eigenvalue weighted by molar-refractivity contribution is -0.162. The molecule has 100 valence electrons. The van der Waals surface area contributed by atoms with Crippen molar-refractivity contribution < 1.29 is 9.47 Å². The molecule has 1 aromatic rings. The van der Waals surface area contributed by atoms with E-state index in [0.717, 1.165) is 26.1 Å². The molecule has 1 aromatic carbocycles. The Kier molecular flexibility index (Phi) is 6.24. The summed E-state index contributed by atoms with van der Waals surface area (Å²) in [5, 5.41) is 0. The minimum atomic E-state index is 0.0767. The normalized spacial score (nSPS) is 19.9. The second-order valence-electron chi connectivity index (χ2n) is 4.96. The molecule has 2 rings (SSSR count). The first-order valence-electron chi connectivity index (χ1n) is 7.22. The quantitative estimate of drug-likeness (QED) is 0.680. The van der Waals surface area contributed by atoms with Gasteiger partial charge in [0.05, 0.1) is 0 Å². The molecule has 0 spiro atoms. The Bertz CT molecular complexity index is 304. The summed E-state index contributed by atoms with van der Waals surface area (Å²) >= 11 is 0. The number of ether oxygens (including phenoxy) is 2. The van der Waals surface area contributed by atoms with E-state index in [1.807, 2.05) is 0 Å². The van der Waals surface area contributed by atoms with Crippen molar-refractivity contribution in [2.75, 3.05) is 13.2 Å². The predicted octanol–water partition coefficient (Wildman–Crippen LogP) is 3.94. The fraction of sp³-hybridized carbons (Fsp3) is 0.625. The fourth-order valence-corrected chi connectivity index (χ4v) is 2.31. The number of hydrogen-bond acceptors (Lipinski definition) is 2. The summed E-state index contributed by atoms with van der Waals surface area (Å²) in [6.45, 7) is 1.72. The maximum atomic E-state index is 5.71. The Morgan fingerprint density at radius 2 is 1.94 bits per heavy atom. The van der Waals surface area contributed by atoms with Crippen LogP contribution >= 0.6 is 0 Å². The van der Waals surface area contributed by atoms with Crippen LogP contribution in [-0.2, 0) is 15.9 Å². The molecule has 0 amide bonds. The van der Waals surface area contributed by atoms with Crippen molar-refractivity contribution in [2.24, 2.45) is 0 Å². The molecule has 1 atom stereocenters. The van der Waals surface area contributed by atoms with Crippen molar-refractivity contribution >= 4 is 0 Å². The number of benzene rings is 1. The van der Waals surface area contributed by atoms with Crippen molar-refractivity contribution in [1.29, 1.82) is 0 Å². The van der Waals surface area contributed by atoms with Gasteiger partial charge < -0.3 is 9.47 Å². The van der Waals surface area contributed by atoms with Crippen LogP contribution in [0, 0.1) is 0 Å². The molecule has 0 aromatic heterocycles. The highest BCUT2D eigenvalue weighted by molar-refractivity contribution is 5.14. The first-order chi connectivity index (χ1) is 8.95. The second-order valence-corrected chi connectivity index (χ2v) is 4.96. The van der Waals surface area contributed by atoms with Gasteiger partial charge in [-0.2, -0.15) is 0 Å². The molecule has 1 aliphatic rings. The molecule has 0 radical (unpaired) electrons. The van der Waals surface area contributed by atoms with Gasteiger partial charge in [0, 0.05) is 13.2 Å². The Hall–Kier alpha value is -0.860. The largest absolute Gasteiger partial charge is 0.353 e. The molecule has 0 N–H and O–H groups in total. The van der Waals surface area contributed by atoms with Crippen LogP contribution in [0.1, 0.15) is 44.1 Å². The molecular weight excluding hydrogens is 224 g/mol. The van der Waals surface area contributed by atoms with Crippen molar-refractivity contribution in [3.05, 3.63) is 35.9 Å². The molecule has 0 bridgehead atoms. The monoisotopic (exact) mass is 248 g/mol. The van der Waals surface area contributed by atoms with E-state index >= 15 is 0 Å². The van der Waals surface area contributed by atoms with E-state index < -0.39 is 0 Å². The molecular formula is C16H24O2. The van der Waals surface area contributed by atoms with Gasteiger partial charge in [0.2, 0.25) is 0 Å². The van der Waals surface area contributed by atoms with E-state index in [-0.39, 0.29) is 6.29 Å². The Balaban J connectivity index is 1.46. The topological polar surface area (TPSA) is 18.5 Å². The molecule has 2 heteroatoms. The van der Waals surface area contributed by atoms with Gasteiger partial charge >= 0.3 is 0 Å². The maximum Gasteiger partial charge on any atom is 0.157 e. The number of unbranched alkanes of at least 4 members (excludes halogenated alkanes) is 2. The van der Waals surface area contributed by atoms with Crippen LogP contribution in [0.5, 0.6) is 0 Å². The average molecular weight is 248 g/mol.